The Kier molecular flexibility index (Phi) is 8.62. The molecule has 2 aliphatic rings. The van der Waals surface area contributed by atoms with Crippen LogP contribution in [0.15, 0.2) is 61.3 Å². The third-order valence-electron chi connectivity index (χ3n) is 7.00. The molecule has 2 amide bonds. The fourth-order valence-corrected chi connectivity index (χ4v) is 5.07. The molecule has 3 heterocycles. The Morgan fingerprint density at radius 2 is 2.10 bits per heavy atom. The molecule has 0 radical (unpaired) electrons. The van der Waals surface area contributed by atoms with Crippen molar-refractivity contribution in [3.05, 3.63) is 83.0 Å². The highest BCUT2D eigenvalue weighted by Crippen LogP contribution is 2.32. The van der Waals surface area contributed by atoms with Gasteiger partial charge in [-0.1, -0.05) is 48.5 Å². The highest BCUT2D eigenvalue weighted by molar-refractivity contribution is 6.33. The maximum absolute atomic E-state index is 13.3. The minimum absolute atomic E-state index is 0.0483. The largest absolute Gasteiger partial charge is 0.490 e. The summed E-state index contributed by atoms with van der Waals surface area (Å²) in [5.41, 5.74) is 3.56. The molecule has 208 valence electrons. The van der Waals surface area contributed by atoms with Crippen LogP contribution < -0.4 is 15.4 Å². The Morgan fingerprint density at radius 3 is 2.90 bits per heavy atom. The molecule has 1 saturated heterocycles. The Labute approximate surface area is 238 Å². The van der Waals surface area contributed by atoms with Gasteiger partial charge in [0.25, 0.3) is 5.91 Å². The summed E-state index contributed by atoms with van der Waals surface area (Å²) in [6.07, 6.45) is 5.01. The predicted molar refractivity (Wildman–Crippen MR) is 153 cm³/mol. The molecule has 40 heavy (non-hydrogen) atoms. The molecule has 9 nitrogen and oxygen atoms in total. The van der Waals surface area contributed by atoms with Crippen LogP contribution in [0.2, 0.25) is 5.02 Å². The van der Waals surface area contributed by atoms with Gasteiger partial charge in [-0.2, -0.15) is 0 Å². The van der Waals surface area contributed by atoms with Gasteiger partial charge >= 0.3 is 0 Å². The molecule has 2 aromatic carbocycles. The molecule has 1 atom stereocenters. The summed E-state index contributed by atoms with van der Waals surface area (Å²) in [5.74, 6) is 0.747. The average molecular weight is 562 g/mol. The van der Waals surface area contributed by atoms with Gasteiger partial charge in [-0.25, -0.2) is 9.97 Å². The number of benzene rings is 2. The fraction of sp³-hybridized carbons (Fsp3) is 0.333. The number of carbonyl (C=O) groups is 2. The Bertz CT molecular complexity index is 1410. The van der Waals surface area contributed by atoms with Gasteiger partial charge in [0, 0.05) is 36.9 Å². The first-order chi connectivity index (χ1) is 19.4. The molecule has 1 unspecified atom stereocenters. The number of halogens is 1. The molecule has 2 aliphatic heterocycles. The van der Waals surface area contributed by atoms with Crippen LogP contribution in [0.4, 0.5) is 5.95 Å². The van der Waals surface area contributed by atoms with E-state index in [1.165, 1.54) is 0 Å². The average Bonchev–Trinajstić information content (AvgIpc) is 3.27. The highest BCUT2D eigenvalue weighted by atomic mass is 35.5. The van der Waals surface area contributed by atoms with Gasteiger partial charge in [0.15, 0.2) is 0 Å². The molecule has 1 aromatic heterocycles. The van der Waals surface area contributed by atoms with Crippen molar-refractivity contribution in [2.24, 2.45) is 0 Å². The zero-order valence-electron chi connectivity index (χ0n) is 22.4. The van der Waals surface area contributed by atoms with Crippen molar-refractivity contribution in [1.82, 2.24) is 20.2 Å². The summed E-state index contributed by atoms with van der Waals surface area (Å²) < 4.78 is 11.0. The van der Waals surface area contributed by atoms with Gasteiger partial charge < -0.3 is 25.0 Å². The van der Waals surface area contributed by atoms with Crippen LogP contribution in [0, 0.1) is 0 Å². The van der Waals surface area contributed by atoms with Gasteiger partial charge in [-0.15, -0.1) is 0 Å². The molecule has 0 bridgehead atoms. The molecule has 0 spiro atoms. The summed E-state index contributed by atoms with van der Waals surface area (Å²) >= 11 is 6.46. The summed E-state index contributed by atoms with van der Waals surface area (Å²) in [6, 6.07) is 13.1. The van der Waals surface area contributed by atoms with Crippen molar-refractivity contribution in [2.45, 2.75) is 38.4 Å². The number of aromatic nitrogens is 2. The van der Waals surface area contributed by atoms with Crippen molar-refractivity contribution < 1.29 is 19.1 Å². The number of hydrogen-bond donors (Lipinski definition) is 2. The van der Waals surface area contributed by atoms with Gasteiger partial charge in [0.05, 0.1) is 23.0 Å². The number of fused-ring (bicyclic) bond motifs is 1. The number of rotatable bonds is 10. The normalized spacial score (nSPS) is 15.8. The van der Waals surface area contributed by atoms with E-state index in [0.29, 0.717) is 59.9 Å². The summed E-state index contributed by atoms with van der Waals surface area (Å²) in [4.78, 5) is 36.6. The molecule has 0 saturated carbocycles. The van der Waals surface area contributed by atoms with Gasteiger partial charge in [0.2, 0.25) is 11.9 Å². The summed E-state index contributed by atoms with van der Waals surface area (Å²) in [5, 5.41) is 6.73. The lowest BCUT2D eigenvalue weighted by molar-refractivity contribution is -0.122. The van der Waals surface area contributed by atoms with Crippen LogP contribution in [0.3, 0.4) is 0 Å². The number of ether oxygens (including phenoxy) is 2. The Morgan fingerprint density at radius 1 is 1.27 bits per heavy atom. The number of nitrogens with one attached hydrogen (secondary N) is 2. The number of carbonyl (C=O) groups excluding carboxylic acids is 2. The SMILES string of the molecule is C=CCOc1cccc(C(C)NC(=O)CN2Cc3ccc(-c4nc(NC5CCOCC5)ncc4Cl)cc3C2=O)c1. The quantitative estimate of drug-likeness (QED) is 0.343. The second-order valence-electron chi connectivity index (χ2n) is 9.92. The Hall–Kier alpha value is -3.95. The first-order valence-electron chi connectivity index (χ1n) is 13.3. The molecular formula is C30H32ClN5O4. The van der Waals surface area contributed by atoms with Crippen LogP contribution >= 0.6 is 11.6 Å². The van der Waals surface area contributed by atoms with Crippen LogP contribution in [-0.4, -0.2) is 59.1 Å². The third kappa shape index (κ3) is 6.43. The summed E-state index contributed by atoms with van der Waals surface area (Å²) in [7, 11) is 0. The topological polar surface area (TPSA) is 106 Å². The van der Waals surface area contributed by atoms with E-state index in [-0.39, 0.29) is 30.4 Å². The fourth-order valence-electron chi connectivity index (χ4n) is 4.87. The van der Waals surface area contributed by atoms with Crippen LogP contribution in [0.1, 0.15) is 47.3 Å². The van der Waals surface area contributed by atoms with E-state index < -0.39 is 0 Å². The minimum Gasteiger partial charge on any atom is -0.490 e. The monoisotopic (exact) mass is 561 g/mol. The zero-order valence-corrected chi connectivity index (χ0v) is 23.1. The maximum Gasteiger partial charge on any atom is 0.254 e. The van der Waals surface area contributed by atoms with E-state index in [1.54, 1.807) is 23.2 Å². The van der Waals surface area contributed by atoms with Crippen molar-refractivity contribution in [2.75, 3.05) is 31.7 Å². The number of hydrogen-bond acceptors (Lipinski definition) is 7. The smallest absolute Gasteiger partial charge is 0.254 e. The number of amides is 2. The molecule has 0 aliphatic carbocycles. The van der Waals surface area contributed by atoms with E-state index in [9.17, 15) is 9.59 Å². The van der Waals surface area contributed by atoms with Crippen LogP contribution in [0.25, 0.3) is 11.3 Å². The Balaban J connectivity index is 1.24. The third-order valence-corrected chi connectivity index (χ3v) is 7.28. The maximum atomic E-state index is 13.3. The van der Waals surface area contributed by atoms with E-state index >= 15 is 0 Å². The minimum atomic E-state index is -0.254. The van der Waals surface area contributed by atoms with Crippen molar-refractivity contribution in [3.63, 3.8) is 0 Å². The summed E-state index contributed by atoms with van der Waals surface area (Å²) in [6.45, 7) is 7.68. The molecule has 3 aromatic rings. The molecule has 5 rings (SSSR count). The van der Waals surface area contributed by atoms with Crippen molar-refractivity contribution in [3.8, 4) is 17.0 Å². The van der Waals surface area contributed by atoms with Gasteiger partial charge in [0.1, 0.15) is 18.9 Å². The molecule has 1 fully saturated rings. The lowest BCUT2D eigenvalue weighted by Crippen LogP contribution is -2.38. The van der Waals surface area contributed by atoms with Crippen LogP contribution in [0.5, 0.6) is 5.75 Å². The molecule has 2 N–H and O–H groups in total. The molecule has 10 heteroatoms. The first kappa shape index (κ1) is 27.6. The van der Waals surface area contributed by atoms with Gasteiger partial charge in [-0.3, -0.25) is 9.59 Å². The van der Waals surface area contributed by atoms with Crippen molar-refractivity contribution >= 4 is 29.4 Å². The lowest BCUT2D eigenvalue weighted by Gasteiger charge is -2.23. The van der Waals surface area contributed by atoms with E-state index in [1.807, 2.05) is 43.3 Å². The van der Waals surface area contributed by atoms with E-state index in [4.69, 9.17) is 21.1 Å². The van der Waals surface area contributed by atoms with Crippen LogP contribution in [-0.2, 0) is 16.1 Å². The van der Waals surface area contributed by atoms with E-state index in [2.05, 4.69) is 27.2 Å². The predicted octanol–water partition coefficient (Wildman–Crippen LogP) is 4.79. The number of nitrogens with zero attached hydrogens (tertiary/aromatic N) is 3. The highest BCUT2D eigenvalue weighted by Gasteiger charge is 2.30. The van der Waals surface area contributed by atoms with Crippen molar-refractivity contribution in [1.29, 1.82) is 0 Å². The second kappa shape index (κ2) is 12.5. The second-order valence-corrected chi connectivity index (χ2v) is 10.3. The zero-order chi connectivity index (χ0) is 28.1. The number of anilines is 1. The van der Waals surface area contributed by atoms with Gasteiger partial charge in [-0.05, 0) is 49.1 Å². The van der Waals surface area contributed by atoms with E-state index in [0.717, 1.165) is 24.0 Å². The first-order valence-corrected chi connectivity index (χ1v) is 13.7. The lowest BCUT2D eigenvalue weighted by atomic mass is 10.0. The standard InChI is InChI=1S/C30H32ClN5O4/c1-3-11-40-24-6-4-5-20(14-24)19(2)33-27(37)18-36-17-22-8-7-21(15-25(22)29(36)38)28-26(31)16-32-30(35-28)34-23-9-12-39-13-10-23/h3-8,14-16,19,23H,1,9-13,17-18H2,2H3,(H,33,37)(H,32,34,35). The molecular weight excluding hydrogens is 530 g/mol.